The largest absolute Gasteiger partial charge is 0.487 e. The number of benzene rings is 1. The SMILES string of the molecule is CN1Cc2nc(Cl)c(N3CCC(Oc4ccc(F)cc4F)CC3)nc2C2(CC2)C1=O. The Labute approximate surface area is 177 Å². The highest BCUT2D eigenvalue weighted by atomic mass is 35.5. The lowest BCUT2D eigenvalue weighted by Gasteiger charge is -2.35. The normalized spacial score (nSPS) is 20.5. The Bertz CT molecular complexity index is 1020. The standard InChI is InChI=1S/C21H21ClF2N4O2/c1-27-11-15-17(21(6-7-21)20(27)29)26-19(18(22)25-15)28-8-4-13(5-9-28)30-16-3-2-12(23)10-14(16)24/h2-3,10,13H,4-9,11H2,1H3. The summed E-state index contributed by atoms with van der Waals surface area (Å²) in [4.78, 5) is 25.8. The molecule has 2 aliphatic heterocycles. The first kappa shape index (κ1) is 19.5. The maximum atomic E-state index is 13.9. The van der Waals surface area contributed by atoms with Crippen LogP contribution in [-0.2, 0) is 16.8 Å². The summed E-state index contributed by atoms with van der Waals surface area (Å²) in [6, 6.07) is 3.31. The van der Waals surface area contributed by atoms with Crippen molar-refractivity contribution in [1.29, 1.82) is 0 Å². The Morgan fingerprint density at radius 3 is 2.60 bits per heavy atom. The number of halogens is 3. The molecule has 0 atom stereocenters. The topological polar surface area (TPSA) is 58.6 Å². The van der Waals surface area contributed by atoms with E-state index in [1.807, 2.05) is 4.90 Å². The van der Waals surface area contributed by atoms with E-state index in [9.17, 15) is 13.6 Å². The first-order valence-corrected chi connectivity index (χ1v) is 10.4. The maximum Gasteiger partial charge on any atom is 0.235 e. The van der Waals surface area contributed by atoms with Gasteiger partial charge in [-0.05, 0) is 25.0 Å². The van der Waals surface area contributed by atoms with Crippen molar-refractivity contribution in [2.24, 2.45) is 0 Å². The van der Waals surface area contributed by atoms with Gasteiger partial charge in [-0.25, -0.2) is 18.7 Å². The summed E-state index contributed by atoms with van der Waals surface area (Å²) in [5.74, 6) is -0.588. The van der Waals surface area contributed by atoms with Crippen molar-refractivity contribution in [2.75, 3.05) is 25.0 Å². The van der Waals surface area contributed by atoms with Crippen LogP contribution in [0.4, 0.5) is 14.6 Å². The number of carbonyl (C=O) groups excluding carboxylic acids is 1. The number of aromatic nitrogens is 2. The molecule has 30 heavy (non-hydrogen) atoms. The van der Waals surface area contributed by atoms with E-state index in [1.165, 1.54) is 12.1 Å². The number of amides is 1. The Balaban J connectivity index is 1.32. The van der Waals surface area contributed by atoms with Crippen molar-refractivity contribution in [2.45, 2.75) is 43.7 Å². The summed E-state index contributed by atoms with van der Waals surface area (Å²) in [6.45, 7) is 1.64. The molecule has 3 heterocycles. The molecule has 0 radical (unpaired) electrons. The lowest BCUT2D eigenvalue weighted by atomic mass is 9.94. The molecule has 1 saturated carbocycles. The monoisotopic (exact) mass is 434 g/mol. The van der Waals surface area contributed by atoms with Gasteiger partial charge in [-0.15, -0.1) is 0 Å². The van der Waals surface area contributed by atoms with Crippen molar-refractivity contribution in [1.82, 2.24) is 14.9 Å². The summed E-state index contributed by atoms with van der Waals surface area (Å²) >= 11 is 6.46. The Morgan fingerprint density at radius 1 is 1.20 bits per heavy atom. The highest BCUT2D eigenvalue weighted by Crippen LogP contribution is 2.52. The Morgan fingerprint density at radius 2 is 1.93 bits per heavy atom. The van der Waals surface area contributed by atoms with Crippen LogP contribution in [0, 0.1) is 11.6 Å². The molecule has 3 aliphatic rings. The minimum absolute atomic E-state index is 0.0553. The molecule has 1 aromatic carbocycles. The lowest BCUT2D eigenvalue weighted by molar-refractivity contribution is -0.134. The predicted molar refractivity (Wildman–Crippen MR) is 107 cm³/mol. The molecular formula is C21H21ClF2N4O2. The van der Waals surface area contributed by atoms with Crippen molar-refractivity contribution in [3.63, 3.8) is 0 Å². The van der Waals surface area contributed by atoms with Gasteiger partial charge in [-0.3, -0.25) is 4.79 Å². The highest BCUT2D eigenvalue weighted by molar-refractivity contribution is 6.31. The van der Waals surface area contributed by atoms with Gasteiger partial charge in [0.1, 0.15) is 11.9 Å². The molecule has 1 aromatic heterocycles. The van der Waals surface area contributed by atoms with E-state index in [0.29, 0.717) is 43.4 Å². The van der Waals surface area contributed by atoms with Crippen LogP contribution in [-0.4, -0.2) is 47.0 Å². The van der Waals surface area contributed by atoms with Crippen LogP contribution < -0.4 is 9.64 Å². The smallest absolute Gasteiger partial charge is 0.235 e. The fourth-order valence-electron chi connectivity index (χ4n) is 4.41. The van der Waals surface area contributed by atoms with Crippen LogP contribution >= 0.6 is 11.6 Å². The molecule has 9 heteroatoms. The van der Waals surface area contributed by atoms with Crippen molar-refractivity contribution in [3.8, 4) is 5.75 Å². The van der Waals surface area contributed by atoms with Crippen LogP contribution in [0.2, 0.25) is 5.15 Å². The second-order valence-electron chi connectivity index (χ2n) is 8.26. The number of ether oxygens (including phenoxy) is 1. The Kier molecular flexibility index (Phi) is 4.57. The molecular weight excluding hydrogens is 414 g/mol. The van der Waals surface area contributed by atoms with Gasteiger partial charge in [-0.2, -0.15) is 0 Å². The number of anilines is 1. The number of hydrogen-bond donors (Lipinski definition) is 0. The molecule has 1 amide bonds. The molecule has 2 aromatic rings. The summed E-state index contributed by atoms with van der Waals surface area (Å²) in [6.07, 6.45) is 2.67. The number of carbonyl (C=O) groups is 1. The van der Waals surface area contributed by atoms with Crippen molar-refractivity contribution in [3.05, 3.63) is 46.4 Å². The number of nitrogens with zero attached hydrogens (tertiary/aromatic N) is 4. The molecule has 2 fully saturated rings. The third-order valence-electron chi connectivity index (χ3n) is 6.18. The van der Waals surface area contributed by atoms with Gasteiger partial charge in [0, 0.05) is 39.0 Å². The molecule has 1 spiro atoms. The molecule has 1 aliphatic carbocycles. The Hall–Kier alpha value is -2.48. The van der Waals surface area contributed by atoms with Crippen LogP contribution in [0.5, 0.6) is 5.75 Å². The summed E-state index contributed by atoms with van der Waals surface area (Å²) in [7, 11) is 1.78. The van der Waals surface area contributed by atoms with Crippen LogP contribution in [0.25, 0.3) is 0 Å². The maximum absolute atomic E-state index is 13.9. The lowest BCUT2D eigenvalue weighted by Crippen LogP contribution is -2.43. The predicted octanol–water partition coefficient (Wildman–Crippen LogP) is 3.46. The summed E-state index contributed by atoms with van der Waals surface area (Å²) < 4.78 is 32.7. The van der Waals surface area contributed by atoms with E-state index in [1.54, 1.807) is 11.9 Å². The van der Waals surface area contributed by atoms with Gasteiger partial charge in [0.15, 0.2) is 22.5 Å². The van der Waals surface area contributed by atoms with E-state index >= 15 is 0 Å². The number of rotatable bonds is 3. The first-order valence-electron chi connectivity index (χ1n) is 10.1. The highest BCUT2D eigenvalue weighted by Gasteiger charge is 2.57. The minimum Gasteiger partial charge on any atom is -0.487 e. The first-order chi connectivity index (χ1) is 14.4. The minimum atomic E-state index is -0.703. The van der Waals surface area contributed by atoms with Gasteiger partial charge < -0.3 is 14.5 Å². The third kappa shape index (κ3) is 3.17. The van der Waals surface area contributed by atoms with Crippen molar-refractivity contribution < 1.29 is 18.3 Å². The van der Waals surface area contributed by atoms with E-state index in [-0.39, 0.29) is 17.8 Å². The molecule has 5 rings (SSSR count). The average molecular weight is 435 g/mol. The zero-order valence-corrected chi connectivity index (χ0v) is 17.3. The number of likely N-dealkylation sites (N-methyl/N-ethyl adjacent to an activating group) is 1. The van der Waals surface area contributed by atoms with Crippen LogP contribution in [0.1, 0.15) is 37.1 Å². The van der Waals surface area contributed by atoms with E-state index in [2.05, 4.69) is 4.98 Å². The molecule has 6 nitrogen and oxygen atoms in total. The molecule has 1 saturated heterocycles. The molecule has 0 unspecified atom stereocenters. The fourth-order valence-corrected chi connectivity index (χ4v) is 4.67. The quantitative estimate of drug-likeness (QED) is 0.740. The molecule has 0 N–H and O–H groups in total. The second-order valence-corrected chi connectivity index (χ2v) is 8.61. The van der Waals surface area contributed by atoms with Gasteiger partial charge in [0.2, 0.25) is 5.91 Å². The van der Waals surface area contributed by atoms with Crippen LogP contribution in [0.15, 0.2) is 18.2 Å². The second kappa shape index (κ2) is 7.04. The zero-order valence-electron chi connectivity index (χ0n) is 16.5. The van der Waals surface area contributed by atoms with Crippen LogP contribution in [0.3, 0.4) is 0 Å². The van der Waals surface area contributed by atoms with Gasteiger partial charge in [0.25, 0.3) is 0 Å². The van der Waals surface area contributed by atoms with Gasteiger partial charge >= 0.3 is 0 Å². The number of fused-ring (bicyclic) bond motifs is 2. The fraction of sp³-hybridized carbons (Fsp3) is 0.476. The molecule has 0 bridgehead atoms. The van der Waals surface area contributed by atoms with Gasteiger partial charge in [-0.1, -0.05) is 11.6 Å². The number of piperidine rings is 1. The third-order valence-corrected chi connectivity index (χ3v) is 6.44. The zero-order chi connectivity index (χ0) is 21.0. The van der Waals surface area contributed by atoms with E-state index in [0.717, 1.165) is 30.3 Å². The average Bonchev–Trinajstić information content (AvgIpc) is 3.51. The van der Waals surface area contributed by atoms with Crippen molar-refractivity contribution >= 4 is 23.3 Å². The summed E-state index contributed by atoms with van der Waals surface area (Å²) in [5, 5.41) is 0.330. The van der Waals surface area contributed by atoms with E-state index < -0.39 is 17.0 Å². The summed E-state index contributed by atoms with van der Waals surface area (Å²) in [5.41, 5.74) is 1.00. The van der Waals surface area contributed by atoms with E-state index in [4.69, 9.17) is 21.3 Å². The number of hydrogen-bond acceptors (Lipinski definition) is 5. The molecule has 158 valence electrons. The van der Waals surface area contributed by atoms with Gasteiger partial charge in [0.05, 0.1) is 23.3 Å².